The van der Waals surface area contributed by atoms with Gasteiger partial charge in [0, 0.05) is 24.5 Å². The van der Waals surface area contributed by atoms with Crippen molar-refractivity contribution < 1.29 is 9.66 Å². The third-order valence-electron chi connectivity index (χ3n) is 2.90. The van der Waals surface area contributed by atoms with Crippen molar-refractivity contribution in [1.82, 2.24) is 9.38 Å². The molecule has 0 aliphatic heterocycles. The number of ether oxygens (including phenoxy) is 1. The minimum Gasteiger partial charge on any atom is -0.487 e. The summed E-state index contributed by atoms with van der Waals surface area (Å²) in [5.41, 5.74) is 1.56. The van der Waals surface area contributed by atoms with Gasteiger partial charge in [-0.05, 0) is 24.3 Å². The topological polar surface area (TPSA) is 69.7 Å². The highest BCUT2D eigenvalue weighted by molar-refractivity contribution is 6.30. The maximum atomic E-state index is 10.6. The van der Waals surface area contributed by atoms with E-state index in [1.54, 1.807) is 24.4 Å². The summed E-state index contributed by atoms with van der Waals surface area (Å²) in [6, 6.07) is 9.51. The number of rotatable bonds is 4. The van der Waals surface area contributed by atoms with E-state index >= 15 is 0 Å². The molecule has 0 N–H and O–H groups in total. The number of hydrogen-bond acceptors (Lipinski definition) is 4. The van der Waals surface area contributed by atoms with E-state index in [1.807, 2.05) is 16.7 Å². The first-order valence-electron chi connectivity index (χ1n) is 6.12. The monoisotopic (exact) mass is 303 g/mol. The van der Waals surface area contributed by atoms with Crippen LogP contribution in [0, 0.1) is 10.1 Å². The summed E-state index contributed by atoms with van der Waals surface area (Å²) in [6.45, 7) is 0.275. The van der Waals surface area contributed by atoms with Crippen molar-refractivity contribution in [3.05, 3.63) is 69.6 Å². The van der Waals surface area contributed by atoms with E-state index in [0.29, 0.717) is 10.8 Å². The number of non-ortho nitro benzene ring substituents is 1. The summed E-state index contributed by atoms with van der Waals surface area (Å²) in [6.07, 6.45) is 3.59. The Hall–Kier alpha value is -2.60. The summed E-state index contributed by atoms with van der Waals surface area (Å²) in [5, 5.41) is 11.2. The van der Waals surface area contributed by atoms with Crippen LogP contribution in [0.4, 0.5) is 5.69 Å². The third-order valence-corrected chi connectivity index (χ3v) is 3.12. The predicted molar refractivity (Wildman–Crippen MR) is 77.6 cm³/mol. The second-order valence-corrected chi connectivity index (χ2v) is 4.82. The standard InChI is InChI=1S/C14H10ClN3O3/c15-10-1-6-14-16-11(8-17(14)7-10)9-21-13-4-2-12(3-5-13)18(19)20/h1-8H,9H2. The van der Waals surface area contributed by atoms with Gasteiger partial charge in [-0.2, -0.15) is 0 Å². The van der Waals surface area contributed by atoms with Gasteiger partial charge in [-0.25, -0.2) is 4.98 Å². The van der Waals surface area contributed by atoms with Gasteiger partial charge in [-0.3, -0.25) is 10.1 Å². The number of imidazole rings is 1. The van der Waals surface area contributed by atoms with Crippen LogP contribution in [0.25, 0.3) is 5.65 Å². The highest BCUT2D eigenvalue weighted by atomic mass is 35.5. The second kappa shape index (κ2) is 5.41. The average molecular weight is 304 g/mol. The lowest BCUT2D eigenvalue weighted by Gasteiger charge is -2.03. The van der Waals surface area contributed by atoms with Crippen LogP contribution in [0.2, 0.25) is 5.02 Å². The van der Waals surface area contributed by atoms with Crippen LogP contribution in [0.1, 0.15) is 5.69 Å². The molecule has 0 saturated carbocycles. The van der Waals surface area contributed by atoms with E-state index in [1.165, 1.54) is 12.1 Å². The van der Waals surface area contributed by atoms with Gasteiger partial charge in [-0.1, -0.05) is 11.6 Å². The van der Waals surface area contributed by atoms with Gasteiger partial charge in [0.1, 0.15) is 18.0 Å². The molecule has 3 rings (SSSR count). The number of halogens is 1. The fourth-order valence-corrected chi connectivity index (χ4v) is 2.08. The maximum Gasteiger partial charge on any atom is 0.269 e. The molecule has 0 saturated heterocycles. The zero-order valence-corrected chi connectivity index (χ0v) is 11.5. The molecule has 0 unspecified atom stereocenters. The lowest BCUT2D eigenvalue weighted by Crippen LogP contribution is -1.95. The molecule has 106 valence electrons. The minimum atomic E-state index is -0.449. The summed E-state index contributed by atoms with van der Waals surface area (Å²) < 4.78 is 7.37. The van der Waals surface area contributed by atoms with Gasteiger partial charge in [0.2, 0.25) is 0 Å². The van der Waals surface area contributed by atoms with Gasteiger partial charge in [-0.15, -0.1) is 0 Å². The van der Waals surface area contributed by atoms with Crippen LogP contribution >= 0.6 is 11.6 Å². The summed E-state index contributed by atoms with van der Waals surface area (Å²) in [4.78, 5) is 14.5. The molecular weight excluding hydrogens is 294 g/mol. The number of benzene rings is 1. The molecule has 6 nitrogen and oxygen atoms in total. The molecular formula is C14H10ClN3O3. The predicted octanol–water partition coefficient (Wildman–Crippen LogP) is 3.47. The molecule has 0 amide bonds. The average Bonchev–Trinajstić information content (AvgIpc) is 2.87. The molecule has 2 heterocycles. The largest absolute Gasteiger partial charge is 0.487 e. The molecule has 2 aromatic heterocycles. The Kier molecular flexibility index (Phi) is 3.45. The van der Waals surface area contributed by atoms with Crippen molar-refractivity contribution in [3.8, 4) is 5.75 Å². The van der Waals surface area contributed by atoms with E-state index in [-0.39, 0.29) is 12.3 Å². The number of pyridine rings is 1. The van der Waals surface area contributed by atoms with Gasteiger partial charge in [0.15, 0.2) is 0 Å². The Balaban J connectivity index is 1.72. The van der Waals surface area contributed by atoms with Crippen LogP contribution in [-0.2, 0) is 6.61 Å². The molecule has 0 aliphatic rings. The van der Waals surface area contributed by atoms with E-state index in [0.717, 1.165) is 11.3 Å². The molecule has 21 heavy (non-hydrogen) atoms. The van der Waals surface area contributed by atoms with Crippen LogP contribution < -0.4 is 4.74 Å². The summed E-state index contributed by atoms with van der Waals surface area (Å²) in [7, 11) is 0. The Morgan fingerprint density at radius 1 is 1.19 bits per heavy atom. The number of fused-ring (bicyclic) bond motifs is 1. The number of hydrogen-bond donors (Lipinski definition) is 0. The highest BCUT2D eigenvalue weighted by Gasteiger charge is 2.06. The van der Waals surface area contributed by atoms with Crippen LogP contribution in [-0.4, -0.2) is 14.3 Å². The molecule has 7 heteroatoms. The number of nitrogens with zero attached hydrogens (tertiary/aromatic N) is 3. The molecule has 0 atom stereocenters. The van der Waals surface area contributed by atoms with Gasteiger partial charge in [0.05, 0.1) is 15.6 Å². The molecule has 0 radical (unpaired) electrons. The zero-order chi connectivity index (χ0) is 14.8. The smallest absolute Gasteiger partial charge is 0.269 e. The van der Waals surface area contributed by atoms with E-state index < -0.39 is 4.92 Å². The third kappa shape index (κ3) is 2.95. The Bertz CT molecular complexity index is 799. The first kappa shape index (κ1) is 13.4. The quantitative estimate of drug-likeness (QED) is 0.546. The highest BCUT2D eigenvalue weighted by Crippen LogP contribution is 2.19. The number of aromatic nitrogens is 2. The normalized spacial score (nSPS) is 10.7. The lowest BCUT2D eigenvalue weighted by molar-refractivity contribution is -0.384. The number of nitro benzene ring substituents is 1. The van der Waals surface area contributed by atoms with E-state index in [2.05, 4.69) is 4.98 Å². The summed E-state index contributed by atoms with van der Waals surface area (Å²) >= 11 is 5.91. The van der Waals surface area contributed by atoms with Crippen LogP contribution in [0.3, 0.4) is 0 Å². The SMILES string of the molecule is O=[N+]([O-])c1ccc(OCc2cn3cc(Cl)ccc3n2)cc1. The van der Waals surface area contributed by atoms with Crippen molar-refractivity contribution in [2.45, 2.75) is 6.61 Å². The molecule has 0 aliphatic carbocycles. The van der Waals surface area contributed by atoms with Gasteiger partial charge in [0.25, 0.3) is 5.69 Å². The van der Waals surface area contributed by atoms with Crippen LogP contribution in [0.5, 0.6) is 5.75 Å². The van der Waals surface area contributed by atoms with Crippen molar-refractivity contribution in [1.29, 1.82) is 0 Å². The maximum absolute atomic E-state index is 10.6. The first-order chi connectivity index (χ1) is 10.1. The van der Waals surface area contributed by atoms with E-state index in [9.17, 15) is 10.1 Å². The van der Waals surface area contributed by atoms with Crippen LogP contribution in [0.15, 0.2) is 48.8 Å². The second-order valence-electron chi connectivity index (χ2n) is 4.38. The Morgan fingerprint density at radius 2 is 1.95 bits per heavy atom. The molecule has 0 bridgehead atoms. The van der Waals surface area contributed by atoms with Gasteiger partial charge >= 0.3 is 0 Å². The minimum absolute atomic E-state index is 0.0322. The summed E-state index contributed by atoms with van der Waals surface area (Å²) in [5.74, 6) is 0.552. The lowest BCUT2D eigenvalue weighted by atomic mass is 10.3. The molecule has 1 aromatic carbocycles. The van der Waals surface area contributed by atoms with Crippen molar-refractivity contribution >= 4 is 22.9 Å². The van der Waals surface area contributed by atoms with E-state index in [4.69, 9.17) is 16.3 Å². The fraction of sp³-hybridized carbons (Fsp3) is 0.0714. The fourth-order valence-electron chi connectivity index (χ4n) is 1.91. The van der Waals surface area contributed by atoms with Crippen molar-refractivity contribution in [2.24, 2.45) is 0 Å². The number of nitro groups is 1. The zero-order valence-electron chi connectivity index (χ0n) is 10.8. The molecule has 0 fully saturated rings. The first-order valence-corrected chi connectivity index (χ1v) is 6.50. The van der Waals surface area contributed by atoms with Gasteiger partial charge < -0.3 is 9.14 Å². The Labute approximate surface area is 124 Å². The Morgan fingerprint density at radius 3 is 2.67 bits per heavy atom. The molecule has 3 aromatic rings. The molecule has 0 spiro atoms. The van der Waals surface area contributed by atoms with Crippen molar-refractivity contribution in [2.75, 3.05) is 0 Å². The van der Waals surface area contributed by atoms with Crippen molar-refractivity contribution in [3.63, 3.8) is 0 Å².